The van der Waals surface area contributed by atoms with Crippen molar-refractivity contribution in [2.75, 3.05) is 20.0 Å². The summed E-state index contributed by atoms with van der Waals surface area (Å²) in [4.78, 5) is 58.4. The Kier molecular flexibility index (Phi) is 14.0. The number of carboxylic acids is 1. The van der Waals surface area contributed by atoms with Crippen molar-refractivity contribution in [3.63, 3.8) is 0 Å². The Bertz CT molecular complexity index is 1840. The van der Waals surface area contributed by atoms with Gasteiger partial charge >= 0.3 is 5.97 Å². The quantitative estimate of drug-likeness (QED) is 0.119. The number of hydrogen-bond acceptors (Lipinski definition) is 5. The van der Waals surface area contributed by atoms with Gasteiger partial charge in [0.2, 0.25) is 0 Å². The highest BCUT2D eigenvalue weighted by atomic mass is 16.4. The minimum absolute atomic E-state index is 0.0693. The lowest BCUT2D eigenvalue weighted by Gasteiger charge is -2.31. The van der Waals surface area contributed by atoms with Gasteiger partial charge in [-0.15, -0.1) is 0 Å². The minimum atomic E-state index is -1.03. The molecule has 4 atom stereocenters. The lowest BCUT2D eigenvalue weighted by Crippen LogP contribution is -2.40. The molecule has 2 N–H and O–H groups in total. The molecular formula is C44H54N4O5. The van der Waals surface area contributed by atoms with E-state index in [0.29, 0.717) is 52.6 Å². The fourth-order valence-corrected chi connectivity index (χ4v) is 6.07. The standard InChI is InChI=1S/C44H54N4O5/c1-9-29(5)45-37-21-13-33(14-22-37)41(49)46(30(6)10-2)38-23-15-34(16-24-38)42(50)47(31(7)11-3)39-25-17-35(18-26-39)43(51)48(32(8)12-4)40-27-19-36(20-28-40)44(52)53/h13-32,45H,9-12H2,1-8H3,(H,52,53)/t29-,30-,31-,32-/m0/s1. The number of hydrogen-bond donors (Lipinski definition) is 2. The third-order valence-corrected chi connectivity index (χ3v) is 10.1. The van der Waals surface area contributed by atoms with E-state index in [1.807, 2.05) is 77.9 Å². The van der Waals surface area contributed by atoms with Crippen molar-refractivity contribution < 1.29 is 24.3 Å². The number of rotatable bonds is 16. The van der Waals surface area contributed by atoms with E-state index in [4.69, 9.17) is 0 Å². The summed E-state index contributed by atoms with van der Waals surface area (Å²) in [7, 11) is 0. The average molecular weight is 719 g/mol. The highest BCUT2D eigenvalue weighted by Crippen LogP contribution is 2.28. The van der Waals surface area contributed by atoms with Crippen LogP contribution >= 0.6 is 0 Å². The summed E-state index contributed by atoms with van der Waals surface area (Å²) in [5, 5.41) is 12.8. The molecule has 0 unspecified atom stereocenters. The molecule has 4 rings (SSSR count). The van der Waals surface area contributed by atoms with Gasteiger partial charge in [-0.25, -0.2) is 4.79 Å². The maximum atomic E-state index is 14.1. The highest BCUT2D eigenvalue weighted by molar-refractivity contribution is 6.10. The molecular weight excluding hydrogens is 665 g/mol. The molecule has 4 aromatic rings. The first kappa shape index (κ1) is 40.3. The first-order valence-electron chi connectivity index (χ1n) is 18.8. The van der Waals surface area contributed by atoms with E-state index in [2.05, 4.69) is 19.2 Å². The molecule has 0 saturated carbocycles. The largest absolute Gasteiger partial charge is 0.478 e. The predicted octanol–water partition coefficient (Wildman–Crippen LogP) is 9.93. The van der Waals surface area contributed by atoms with Gasteiger partial charge in [-0.1, -0.05) is 27.7 Å². The van der Waals surface area contributed by atoms with Crippen LogP contribution in [0.3, 0.4) is 0 Å². The molecule has 0 aliphatic carbocycles. The number of anilines is 4. The molecule has 0 heterocycles. The average Bonchev–Trinajstić information content (AvgIpc) is 3.18. The first-order valence-corrected chi connectivity index (χ1v) is 18.8. The fraction of sp³-hybridized carbons (Fsp3) is 0.364. The zero-order chi connectivity index (χ0) is 38.8. The summed E-state index contributed by atoms with van der Waals surface area (Å²) >= 11 is 0. The van der Waals surface area contributed by atoms with Gasteiger partial charge < -0.3 is 25.1 Å². The molecule has 9 heteroatoms. The maximum absolute atomic E-state index is 14.1. The van der Waals surface area contributed by atoms with Crippen LogP contribution in [-0.2, 0) is 0 Å². The van der Waals surface area contributed by atoms with Crippen LogP contribution in [0.4, 0.5) is 22.7 Å². The van der Waals surface area contributed by atoms with Gasteiger partial charge in [-0.05, 0) is 150 Å². The first-order chi connectivity index (χ1) is 25.3. The second-order valence-electron chi connectivity index (χ2n) is 13.8. The third kappa shape index (κ3) is 9.52. The van der Waals surface area contributed by atoms with Gasteiger partial charge in [0.15, 0.2) is 0 Å². The Morgan fingerprint density at radius 2 is 0.755 bits per heavy atom. The molecule has 53 heavy (non-hydrogen) atoms. The maximum Gasteiger partial charge on any atom is 0.335 e. The van der Waals surface area contributed by atoms with E-state index in [0.717, 1.165) is 18.5 Å². The molecule has 280 valence electrons. The number of carbonyl (C=O) groups excluding carboxylic acids is 3. The SMILES string of the molecule is CC[C@H](C)Nc1ccc(C(=O)N(c2ccc(C(=O)N(c3ccc(C(=O)N(c4ccc(C(=O)O)cc4)[C@@H](C)CC)cc3)[C@@H](C)CC)cc2)[C@@H](C)CC)cc1. The van der Waals surface area contributed by atoms with E-state index in [-0.39, 0.29) is 41.4 Å². The van der Waals surface area contributed by atoms with Gasteiger partial charge in [-0.3, -0.25) is 14.4 Å². The van der Waals surface area contributed by atoms with E-state index in [1.54, 1.807) is 63.2 Å². The molecule has 4 aromatic carbocycles. The summed E-state index contributed by atoms with van der Waals surface area (Å²) in [6.45, 7) is 16.3. The Morgan fingerprint density at radius 3 is 1.02 bits per heavy atom. The van der Waals surface area contributed by atoms with E-state index >= 15 is 0 Å². The predicted molar refractivity (Wildman–Crippen MR) is 216 cm³/mol. The summed E-state index contributed by atoms with van der Waals surface area (Å²) in [6, 6.07) is 28.1. The summed E-state index contributed by atoms with van der Waals surface area (Å²) in [5.74, 6) is -1.53. The molecule has 0 aromatic heterocycles. The van der Waals surface area contributed by atoms with E-state index in [1.165, 1.54) is 12.1 Å². The number of benzene rings is 4. The second-order valence-corrected chi connectivity index (χ2v) is 13.8. The zero-order valence-electron chi connectivity index (χ0n) is 32.3. The van der Waals surface area contributed by atoms with Crippen LogP contribution in [-0.4, -0.2) is 53.0 Å². The number of carboxylic acid groups (broad SMARTS) is 1. The Hall–Kier alpha value is -5.44. The molecule has 3 amide bonds. The normalized spacial score (nSPS) is 13.3. The van der Waals surface area contributed by atoms with Gasteiger partial charge in [-0.2, -0.15) is 0 Å². The van der Waals surface area contributed by atoms with Crippen LogP contribution in [0.25, 0.3) is 0 Å². The fourth-order valence-electron chi connectivity index (χ4n) is 6.07. The lowest BCUT2D eigenvalue weighted by molar-refractivity contribution is 0.0696. The number of aromatic carboxylic acids is 1. The van der Waals surface area contributed by atoms with Crippen molar-refractivity contribution in [1.82, 2.24) is 0 Å². The van der Waals surface area contributed by atoms with Gasteiger partial charge in [0.1, 0.15) is 0 Å². The molecule has 0 spiro atoms. The molecule has 0 radical (unpaired) electrons. The number of amides is 3. The van der Waals surface area contributed by atoms with Gasteiger partial charge in [0, 0.05) is 63.6 Å². The number of carbonyl (C=O) groups is 4. The van der Waals surface area contributed by atoms with Crippen LogP contribution in [0.2, 0.25) is 0 Å². The molecule has 0 aliphatic heterocycles. The van der Waals surface area contributed by atoms with E-state index in [9.17, 15) is 24.3 Å². The number of nitrogens with zero attached hydrogens (tertiary/aromatic N) is 3. The van der Waals surface area contributed by atoms with Gasteiger partial charge in [0.05, 0.1) is 5.56 Å². The minimum Gasteiger partial charge on any atom is -0.478 e. The second kappa shape index (κ2) is 18.4. The van der Waals surface area contributed by atoms with E-state index < -0.39 is 5.97 Å². The molecule has 0 fully saturated rings. The van der Waals surface area contributed by atoms with Crippen molar-refractivity contribution in [3.8, 4) is 0 Å². The molecule has 0 aliphatic rings. The van der Waals surface area contributed by atoms with Crippen molar-refractivity contribution >= 4 is 46.4 Å². The Morgan fingerprint density at radius 1 is 0.472 bits per heavy atom. The summed E-state index contributed by atoms with van der Waals surface area (Å²) in [6.07, 6.45) is 3.16. The lowest BCUT2D eigenvalue weighted by atomic mass is 10.1. The van der Waals surface area contributed by atoms with Crippen molar-refractivity contribution in [3.05, 3.63) is 119 Å². The Labute approximate surface area is 314 Å². The van der Waals surface area contributed by atoms with Crippen LogP contribution in [0.15, 0.2) is 97.1 Å². The smallest absolute Gasteiger partial charge is 0.335 e. The van der Waals surface area contributed by atoms with Crippen LogP contribution in [0.1, 0.15) is 123 Å². The van der Waals surface area contributed by atoms with Crippen molar-refractivity contribution in [2.45, 2.75) is 105 Å². The molecule has 9 nitrogen and oxygen atoms in total. The molecule has 0 saturated heterocycles. The molecule has 0 bridgehead atoms. The van der Waals surface area contributed by atoms with Crippen LogP contribution in [0.5, 0.6) is 0 Å². The Balaban J connectivity index is 1.58. The van der Waals surface area contributed by atoms with Crippen LogP contribution < -0.4 is 20.0 Å². The van der Waals surface area contributed by atoms with Crippen LogP contribution in [0, 0.1) is 0 Å². The summed E-state index contributed by atoms with van der Waals surface area (Å²) in [5.41, 5.74) is 4.63. The van der Waals surface area contributed by atoms with Crippen molar-refractivity contribution in [2.24, 2.45) is 0 Å². The third-order valence-electron chi connectivity index (χ3n) is 10.1. The summed E-state index contributed by atoms with van der Waals surface area (Å²) < 4.78 is 0. The monoisotopic (exact) mass is 718 g/mol. The topological polar surface area (TPSA) is 110 Å². The zero-order valence-corrected chi connectivity index (χ0v) is 32.3. The number of nitrogens with one attached hydrogen (secondary N) is 1. The highest BCUT2D eigenvalue weighted by Gasteiger charge is 2.27. The van der Waals surface area contributed by atoms with Gasteiger partial charge in [0.25, 0.3) is 17.7 Å². The van der Waals surface area contributed by atoms with Crippen molar-refractivity contribution in [1.29, 1.82) is 0 Å².